The quantitative estimate of drug-likeness (QED) is 0.944. The molecule has 2 atom stereocenters. The van der Waals surface area contributed by atoms with Gasteiger partial charge >= 0.3 is 0 Å². The molecule has 1 aromatic carbocycles. The predicted molar refractivity (Wildman–Crippen MR) is 88.4 cm³/mol. The number of amides is 1. The maximum Gasteiger partial charge on any atom is 0.227 e. The molecule has 2 heterocycles. The van der Waals surface area contributed by atoms with E-state index in [-0.39, 0.29) is 5.91 Å². The molecule has 0 saturated carbocycles. The summed E-state index contributed by atoms with van der Waals surface area (Å²) in [5.74, 6) is 1.39. The summed E-state index contributed by atoms with van der Waals surface area (Å²) in [4.78, 5) is 14.6. The van der Waals surface area contributed by atoms with Gasteiger partial charge in [-0.3, -0.25) is 4.79 Å². The fourth-order valence-electron chi connectivity index (χ4n) is 3.27. The van der Waals surface area contributed by atoms with Crippen LogP contribution in [0.15, 0.2) is 29.6 Å². The summed E-state index contributed by atoms with van der Waals surface area (Å²) in [6.45, 7) is 4.70. The van der Waals surface area contributed by atoms with Gasteiger partial charge in [-0.2, -0.15) is 0 Å². The number of hydrogen-bond acceptors (Lipinski definition) is 3. The van der Waals surface area contributed by atoms with Gasteiger partial charge < -0.3 is 10.6 Å². The highest BCUT2D eigenvalue weighted by atomic mass is 32.1. The lowest BCUT2D eigenvalue weighted by Gasteiger charge is -2.16. The Morgan fingerprint density at radius 1 is 1.38 bits per heavy atom. The van der Waals surface area contributed by atoms with Crippen molar-refractivity contribution in [2.45, 2.75) is 19.8 Å². The van der Waals surface area contributed by atoms with Crippen LogP contribution in [0.25, 0.3) is 10.1 Å². The third-order valence-corrected chi connectivity index (χ3v) is 5.57. The predicted octanol–water partition coefficient (Wildman–Crippen LogP) is 2.89. The van der Waals surface area contributed by atoms with Crippen molar-refractivity contribution in [2.75, 3.05) is 19.6 Å². The van der Waals surface area contributed by atoms with Crippen LogP contribution in [0, 0.1) is 11.8 Å². The molecule has 3 nitrogen and oxygen atoms in total. The first-order valence-corrected chi connectivity index (χ1v) is 8.50. The normalized spacial score (nSPS) is 22.1. The summed E-state index contributed by atoms with van der Waals surface area (Å²) in [5.41, 5.74) is 6.82. The number of nitrogens with two attached hydrogens (primary N) is 1. The zero-order valence-electron chi connectivity index (χ0n) is 12.4. The average molecular weight is 302 g/mol. The van der Waals surface area contributed by atoms with E-state index in [1.807, 2.05) is 17.0 Å². The molecule has 1 aromatic heterocycles. The van der Waals surface area contributed by atoms with Crippen LogP contribution in [-0.2, 0) is 11.2 Å². The molecule has 0 bridgehead atoms. The lowest BCUT2D eigenvalue weighted by molar-refractivity contribution is -0.129. The Morgan fingerprint density at radius 2 is 2.19 bits per heavy atom. The number of fused-ring (bicyclic) bond motifs is 1. The Morgan fingerprint density at radius 3 is 3.00 bits per heavy atom. The topological polar surface area (TPSA) is 46.3 Å². The van der Waals surface area contributed by atoms with Crippen molar-refractivity contribution in [3.05, 3.63) is 35.2 Å². The van der Waals surface area contributed by atoms with Gasteiger partial charge in [0, 0.05) is 17.8 Å². The Labute approximate surface area is 129 Å². The van der Waals surface area contributed by atoms with Gasteiger partial charge in [-0.1, -0.05) is 25.1 Å². The fourth-order valence-corrected chi connectivity index (χ4v) is 4.23. The lowest BCUT2D eigenvalue weighted by Crippen LogP contribution is -2.30. The molecule has 1 aliphatic heterocycles. The van der Waals surface area contributed by atoms with Gasteiger partial charge in [-0.15, -0.1) is 11.3 Å². The first-order chi connectivity index (χ1) is 10.2. The van der Waals surface area contributed by atoms with Gasteiger partial charge in [0.25, 0.3) is 0 Å². The van der Waals surface area contributed by atoms with Crippen LogP contribution in [0.4, 0.5) is 0 Å². The van der Waals surface area contributed by atoms with Crippen molar-refractivity contribution in [2.24, 2.45) is 17.6 Å². The number of hydrogen-bond donors (Lipinski definition) is 1. The number of nitrogens with zero attached hydrogens (tertiary/aromatic N) is 1. The molecule has 21 heavy (non-hydrogen) atoms. The van der Waals surface area contributed by atoms with Crippen LogP contribution >= 0.6 is 11.3 Å². The van der Waals surface area contributed by atoms with Crippen LogP contribution in [0.5, 0.6) is 0 Å². The van der Waals surface area contributed by atoms with Crippen LogP contribution in [0.3, 0.4) is 0 Å². The van der Waals surface area contributed by atoms with E-state index in [1.165, 1.54) is 10.1 Å². The van der Waals surface area contributed by atoms with Gasteiger partial charge in [-0.05, 0) is 47.2 Å². The molecule has 1 amide bonds. The second-order valence-electron chi connectivity index (χ2n) is 6.05. The summed E-state index contributed by atoms with van der Waals surface area (Å²) in [7, 11) is 0. The van der Waals surface area contributed by atoms with E-state index in [2.05, 4.69) is 24.4 Å². The molecule has 0 unspecified atom stereocenters. The average Bonchev–Trinajstić information content (AvgIpc) is 3.05. The van der Waals surface area contributed by atoms with Crippen molar-refractivity contribution < 1.29 is 4.79 Å². The first-order valence-electron chi connectivity index (χ1n) is 7.62. The van der Waals surface area contributed by atoms with Crippen LogP contribution < -0.4 is 5.73 Å². The van der Waals surface area contributed by atoms with Crippen LogP contribution in [-0.4, -0.2) is 30.4 Å². The van der Waals surface area contributed by atoms with E-state index >= 15 is 0 Å². The Bertz CT molecular complexity index is 637. The number of benzene rings is 1. The molecule has 2 aromatic rings. The summed E-state index contributed by atoms with van der Waals surface area (Å²) in [5, 5.41) is 3.35. The number of rotatable bonds is 4. The van der Waals surface area contributed by atoms with Gasteiger partial charge in [0.2, 0.25) is 5.91 Å². The fraction of sp³-hybridized carbons (Fsp3) is 0.471. The highest BCUT2D eigenvalue weighted by molar-refractivity contribution is 7.17. The molecule has 0 radical (unpaired) electrons. The van der Waals surface area contributed by atoms with E-state index < -0.39 is 0 Å². The molecule has 1 fully saturated rings. The molecular weight excluding hydrogens is 280 g/mol. The van der Waals surface area contributed by atoms with Crippen molar-refractivity contribution in [1.29, 1.82) is 0 Å². The van der Waals surface area contributed by atoms with E-state index in [0.29, 0.717) is 24.8 Å². The molecule has 1 aliphatic rings. The minimum atomic E-state index is 0.255. The van der Waals surface area contributed by atoms with E-state index in [0.717, 1.165) is 25.1 Å². The Balaban J connectivity index is 1.69. The van der Waals surface area contributed by atoms with E-state index in [1.54, 1.807) is 11.3 Å². The molecule has 1 saturated heterocycles. The van der Waals surface area contributed by atoms with E-state index in [9.17, 15) is 4.79 Å². The summed E-state index contributed by atoms with van der Waals surface area (Å²) >= 11 is 1.72. The van der Waals surface area contributed by atoms with Crippen molar-refractivity contribution in [3.63, 3.8) is 0 Å². The Kier molecular flexibility index (Phi) is 4.27. The van der Waals surface area contributed by atoms with Crippen molar-refractivity contribution in [3.8, 4) is 0 Å². The number of likely N-dealkylation sites (tertiary alicyclic amines) is 1. The second-order valence-corrected chi connectivity index (χ2v) is 6.96. The number of carbonyl (C=O) groups is 1. The maximum atomic E-state index is 12.6. The molecule has 2 N–H and O–H groups in total. The van der Waals surface area contributed by atoms with Crippen LogP contribution in [0.2, 0.25) is 0 Å². The summed E-state index contributed by atoms with van der Waals surface area (Å²) < 4.78 is 1.26. The van der Waals surface area contributed by atoms with Crippen molar-refractivity contribution >= 4 is 27.3 Å². The van der Waals surface area contributed by atoms with E-state index in [4.69, 9.17) is 5.73 Å². The number of thiophene rings is 1. The molecule has 0 aliphatic carbocycles. The van der Waals surface area contributed by atoms with Gasteiger partial charge in [0.15, 0.2) is 0 Å². The van der Waals surface area contributed by atoms with Gasteiger partial charge in [0.05, 0.1) is 6.42 Å². The molecule has 0 spiro atoms. The zero-order chi connectivity index (χ0) is 14.8. The smallest absolute Gasteiger partial charge is 0.227 e. The molecular formula is C17H22N2OS. The van der Waals surface area contributed by atoms with Gasteiger partial charge in [-0.25, -0.2) is 0 Å². The first kappa shape index (κ1) is 14.5. The number of carbonyl (C=O) groups excluding carboxylic acids is 1. The minimum absolute atomic E-state index is 0.255. The minimum Gasteiger partial charge on any atom is -0.342 e. The highest BCUT2D eigenvalue weighted by Gasteiger charge is 2.31. The second kappa shape index (κ2) is 6.16. The Hall–Kier alpha value is -1.39. The van der Waals surface area contributed by atoms with Gasteiger partial charge in [0.1, 0.15) is 0 Å². The monoisotopic (exact) mass is 302 g/mol. The summed E-state index contributed by atoms with van der Waals surface area (Å²) in [6.07, 6.45) is 1.54. The SMILES string of the molecule is C[C@@H]1CN(C(=O)Cc2csc3ccccc23)C[C@H]1CCN. The zero-order valence-corrected chi connectivity index (χ0v) is 13.2. The third kappa shape index (κ3) is 2.97. The molecule has 3 rings (SSSR count). The molecule has 112 valence electrons. The van der Waals surface area contributed by atoms with Crippen molar-refractivity contribution in [1.82, 2.24) is 4.90 Å². The third-order valence-electron chi connectivity index (χ3n) is 4.56. The molecule has 4 heteroatoms. The summed E-state index contributed by atoms with van der Waals surface area (Å²) in [6, 6.07) is 8.31. The highest BCUT2D eigenvalue weighted by Crippen LogP contribution is 2.29. The largest absolute Gasteiger partial charge is 0.342 e. The lowest BCUT2D eigenvalue weighted by atomic mass is 9.95. The standard InChI is InChI=1S/C17H22N2OS/c1-12-9-19(10-13(12)6-7-18)17(20)8-14-11-21-16-5-3-2-4-15(14)16/h2-5,11-13H,6-10,18H2,1H3/t12-,13-/m1/s1. The maximum absolute atomic E-state index is 12.6. The van der Waals surface area contributed by atoms with Crippen LogP contribution in [0.1, 0.15) is 18.9 Å².